The van der Waals surface area contributed by atoms with Gasteiger partial charge in [0.1, 0.15) is 5.75 Å². The van der Waals surface area contributed by atoms with Crippen LogP contribution in [0.2, 0.25) is 5.02 Å². The predicted octanol–water partition coefficient (Wildman–Crippen LogP) is 2.23. The van der Waals surface area contributed by atoms with Gasteiger partial charge in [0.05, 0.1) is 31.5 Å². The number of rotatable bonds is 10. The van der Waals surface area contributed by atoms with E-state index >= 15 is 0 Å². The molecule has 2 N–H and O–H groups in total. The van der Waals surface area contributed by atoms with Crippen molar-refractivity contribution in [2.75, 3.05) is 33.0 Å². The van der Waals surface area contributed by atoms with Crippen molar-refractivity contribution < 1.29 is 14.6 Å². The lowest BCUT2D eigenvalue weighted by Crippen LogP contribution is -2.20. The Bertz CT molecular complexity index is 361. The summed E-state index contributed by atoms with van der Waals surface area (Å²) >= 11 is 6.14. The molecule has 0 aromatic heterocycles. The molecule has 108 valence electrons. The van der Waals surface area contributed by atoms with E-state index in [-0.39, 0.29) is 6.61 Å². The minimum absolute atomic E-state index is 0.0643. The zero-order valence-electron chi connectivity index (χ0n) is 11.3. The van der Waals surface area contributed by atoms with Crippen molar-refractivity contribution in [3.8, 4) is 5.75 Å². The summed E-state index contributed by atoms with van der Waals surface area (Å²) in [6.45, 7) is 5.25. The fourth-order valence-electron chi connectivity index (χ4n) is 1.53. The molecule has 0 bridgehead atoms. The van der Waals surface area contributed by atoms with Gasteiger partial charge in [-0.05, 0) is 24.1 Å². The number of halogens is 1. The van der Waals surface area contributed by atoms with Gasteiger partial charge in [-0.15, -0.1) is 0 Å². The zero-order valence-corrected chi connectivity index (χ0v) is 12.1. The fourth-order valence-corrected chi connectivity index (χ4v) is 1.78. The van der Waals surface area contributed by atoms with Gasteiger partial charge in [-0.2, -0.15) is 0 Å². The van der Waals surface area contributed by atoms with Crippen LogP contribution in [0.4, 0.5) is 0 Å². The van der Waals surface area contributed by atoms with Crippen molar-refractivity contribution in [1.29, 1.82) is 0 Å². The van der Waals surface area contributed by atoms with E-state index < -0.39 is 0 Å². The third-order valence-corrected chi connectivity index (χ3v) is 2.74. The SMILES string of the molecule is CCCOc1ccc(CNCCOCCO)cc1Cl. The highest BCUT2D eigenvalue weighted by molar-refractivity contribution is 6.32. The molecule has 0 aliphatic heterocycles. The van der Waals surface area contributed by atoms with Crippen molar-refractivity contribution in [2.24, 2.45) is 0 Å². The Morgan fingerprint density at radius 3 is 2.79 bits per heavy atom. The smallest absolute Gasteiger partial charge is 0.137 e. The maximum absolute atomic E-state index is 8.55. The summed E-state index contributed by atoms with van der Waals surface area (Å²) in [5.74, 6) is 0.735. The molecule has 1 aromatic rings. The molecule has 0 atom stereocenters. The van der Waals surface area contributed by atoms with E-state index in [2.05, 4.69) is 12.2 Å². The molecule has 0 heterocycles. The van der Waals surface area contributed by atoms with Gasteiger partial charge in [-0.1, -0.05) is 24.6 Å². The van der Waals surface area contributed by atoms with Gasteiger partial charge >= 0.3 is 0 Å². The van der Waals surface area contributed by atoms with Crippen molar-refractivity contribution in [1.82, 2.24) is 5.32 Å². The average molecular weight is 288 g/mol. The van der Waals surface area contributed by atoms with Crippen LogP contribution in [0.15, 0.2) is 18.2 Å². The van der Waals surface area contributed by atoms with E-state index in [0.29, 0.717) is 24.8 Å². The number of hydrogen-bond acceptors (Lipinski definition) is 4. The summed E-state index contributed by atoms with van der Waals surface area (Å²) in [4.78, 5) is 0. The van der Waals surface area contributed by atoms with Crippen LogP contribution in [0.1, 0.15) is 18.9 Å². The summed E-state index contributed by atoms with van der Waals surface area (Å²) in [5, 5.41) is 12.4. The van der Waals surface area contributed by atoms with E-state index in [4.69, 9.17) is 26.2 Å². The van der Waals surface area contributed by atoms with Crippen LogP contribution in [0, 0.1) is 0 Å². The minimum Gasteiger partial charge on any atom is -0.492 e. The third-order valence-electron chi connectivity index (χ3n) is 2.45. The molecule has 0 saturated carbocycles. The molecule has 0 aliphatic carbocycles. The molecule has 0 saturated heterocycles. The molecule has 0 aliphatic rings. The summed E-state index contributed by atoms with van der Waals surface area (Å²) in [5.41, 5.74) is 1.11. The third kappa shape index (κ3) is 6.78. The van der Waals surface area contributed by atoms with Crippen LogP contribution >= 0.6 is 11.6 Å². The zero-order chi connectivity index (χ0) is 13.9. The van der Waals surface area contributed by atoms with E-state index in [1.54, 1.807) is 0 Å². The van der Waals surface area contributed by atoms with Crippen molar-refractivity contribution in [3.63, 3.8) is 0 Å². The lowest BCUT2D eigenvalue weighted by molar-refractivity contribution is 0.0938. The van der Waals surface area contributed by atoms with Crippen LogP contribution in [-0.4, -0.2) is 38.1 Å². The second-order valence-corrected chi connectivity index (χ2v) is 4.53. The Labute approximate surface area is 119 Å². The number of hydrogen-bond donors (Lipinski definition) is 2. The van der Waals surface area contributed by atoms with Gasteiger partial charge in [0.2, 0.25) is 0 Å². The van der Waals surface area contributed by atoms with Gasteiger partial charge in [-0.3, -0.25) is 0 Å². The van der Waals surface area contributed by atoms with E-state index in [9.17, 15) is 0 Å². The molecule has 0 unspecified atom stereocenters. The lowest BCUT2D eigenvalue weighted by Gasteiger charge is -2.09. The summed E-state index contributed by atoms with van der Waals surface area (Å²) in [7, 11) is 0. The Kier molecular flexibility index (Phi) is 8.58. The van der Waals surface area contributed by atoms with Crippen LogP contribution in [0.5, 0.6) is 5.75 Å². The average Bonchev–Trinajstić information content (AvgIpc) is 2.42. The fraction of sp³-hybridized carbons (Fsp3) is 0.571. The number of aliphatic hydroxyl groups excluding tert-OH is 1. The van der Waals surface area contributed by atoms with Crippen molar-refractivity contribution >= 4 is 11.6 Å². The first-order chi connectivity index (χ1) is 9.27. The topological polar surface area (TPSA) is 50.7 Å². The Morgan fingerprint density at radius 2 is 2.11 bits per heavy atom. The van der Waals surface area contributed by atoms with Crippen LogP contribution in [0.3, 0.4) is 0 Å². The quantitative estimate of drug-likeness (QED) is 0.648. The van der Waals surface area contributed by atoms with Crippen LogP contribution < -0.4 is 10.1 Å². The maximum Gasteiger partial charge on any atom is 0.137 e. The number of ether oxygens (including phenoxy) is 2. The molecule has 19 heavy (non-hydrogen) atoms. The highest BCUT2D eigenvalue weighted by Crippen LogP contribution is 2.25. The standard InChI is InChI=1S/C14H22ClNO3/c1-2-7-19-14-4-3-12(10-13(14)15)11-16-5-8-18-9-6-17/h3-4,10,16-17H,2,5-9,11H2,1H3. The molecule has 4 nitrogen and oxygen atoms in total. The van der Waals surface area contributed by atoms with Crippen LogP contribution in [-0.2, 0) is 11.3 Å². The highest BCUT2D eigenvalue weighted by Gasteiger charge is 2.02. The predicted molar refractivity (Wildman–Crippen MR) is 76.8 cm³/mol. The number of benzene rings is 1. The monoisotopic (exact) mass is 287 g/mol. The highest BCUT2D eigenvalue weighted by atomic mass is 35.5. The van der Waals surface area contributed by atoms with Crippen molar-refractivity contribution in [2.45, 2.75) is 19.9 Å². The van der Waals surface area contributed by atoms with Gasteiger partial charge in [0, 0.05) is 13.1 Å². The molecule has 0 fully saturated rings. The number of aliphatic hydroxyl groups is 1. The molecule has 0 spiro atoms. The Balaban J connectivity index is 2.29. The van der Waals surface area contributed by atoms with E-state index in [1.807, 2.05) is 18.2 Å². The second-order valence-electron chi connectivity index (χ2n) is 4.13. The maximum atomic E-state index is 8.55. The Morgan fingerprint density at radius 1 is 1.26 bits per heavy atom. The van der Waals surface area contributed by atoms with E-state index in [0.717, 1.165) is 30.8 Å². The van der Waals surface area contributed by atoms with Crippen molar-refractivity contribution in [3.05, 3.63) is 28.8 Å². The first-order valence-corrected chi connectivity index (χ1v) is 6.96. The largest absolute Gasteiger partial charge is 0.492 e. The summed E-state index contributed by atoms with van der Waals surface area (Å²) < 4.78 is 10.7. The molecular formula is C14H22ClNO3. The number of nitrogens with one attached hydrogen (secondary N) is 1. The molecule has 5 heteroatoms. The second kappa shape index (κ2) is 10.0. The first kappa shape index (κ1) is 16.2. The molecule has 0 radical (unpaired) electrons. The minimum atomic E-state index is 0.0643. The summed E-state index contributed by atoms with van der Waals surface area (Å²) in [6, 6.07) is 5.81. The van der Waals surface area contributed by atoms with Gasteiger partial charge in [-0.25, -0.2) is 0 Å². The first-order valence-electron chi connectivity index (χ1n) is 6.58. The van der Waals surface area contributed by atoms with Gasteiger partial charge in [0.15, 0.2) is 0 Å². The molecular weight excluding hydrogens is 266 g/mol. The van der Waals surface area contributed by atoms with Crippen LogP contribution in [0.25, 0.3) is 0 Å². The normalized spacial score (nSPS) is 10.7. The van der Waals surface area contributed by atoms with Gasteiger partial charge < -0.3 is 19.9 Å². The summed E-state index contributed by atoms with van der Waals surface area (Å²) in [6.07, 6.45) is 0.966. The molecule has 1 rings (SSSR count). The Hall–Kier alpha value is -0.810. The lowest BCUT2D eigenvalue weighted by atomic mass is 10.2. The van der Waals surface area contributed by atoms with E-state index in [1.165, 1.54) is 0 Å². The molecule has 0 amide bonds. The molecule has 1 aromatic carbocycles. The van der Waals surface area contributed by atoms with Gasteiger partial charge in [0.25, 0.3) is 0 Å².